The van der Waals surface area contributed by atoms with E-state index in [1.807, 2.05) is 32.0 Å². The molecule has 3 atom stereocenters. The van der Waals surface area contributed by atoms with Crippen LogP contribution in [0.15, 0.2) is 67.4 Å². The highest BCUT2D eigenvalue weighted by molar-refractivity contribution is 5.96. The van der Waals surface area contributed by atoms with Crippen molar-refractivity contribution < 1.29 is 38.5 Å². The van der Waals surface area contributed by atoms with Crippen LogP contribution in [-0.4, -0.2) is 106 Å². The fourth-order valence-corrected chi connectivity index (χ4v) is 8.73. The maximum atomic E-state index is 14.5. The van der Waals surface area contributed by atoms with E-state index < -0.39 is 41.4 Å². The smallest absolute Gasteiger partial charge is 0.324 e. The fourth-order valence-electron chi connectivity index (χ4n) is 8.73. The van der Waals surface area contributed by atoms with Gasteiger partial charge in [0.25, 0.3) is 5.91 Å². The number of nitrogens with zero attached hydrogens (tertiary/aromatic N) is 4. The molecular formula is C47H58N6O8. The summed E-state index contributed by atoms with van der Waals surface area (Å²) < 4.78 is 20.2. The van der Waals surface area contributed by atoms with Crippen LogP contribution in [0, 0.1) is 11.3 Å². The van der Waals surface area contributed by atoms with Crippen molar-refractivity contribution in [2.75, 3.05) is 33.4 Å². The van der Waals surface area contributed by atoms with Crippen molar-refractivity contribution in [2.24, 2.45) is 11.3 Å². The van der Waals surface area contributed by atoms with E-state index in [0.717, 1.165) is 44.5 Å². The molecule has 0 unspecified atom stereocenters. The van der Waals surface area contributed by atoms with Crippen LogP contribution in [0.25, 0.3) is 33.3 Å². The lowest BCUT2D eigenvalue weighted by atomic mass is 9.84. The number of hydrogen-bond acceptors (Lipinski definition) is 10. The second kappa shape index (κ2) is 18.2. The number of carbonyl (C=O) groups is 4. The van der Waals surface area contributed by atoms with Crippen molar-refractivity contribution in [3.8, 4) is 28.1 Å². The van der Waals surface area contributed by atoms with E-state index in [1.165, 1.54) is 11.1 Å². The number of carbonyl (C=O) groups excluding carboxylic acids is 4. The summed E-state index contributed by atoms with van der Waals surface area (Å²) in [6.45, 7) is 15.6. The van der Waals surface area contributed by atoms with Gasteiger partial charge in [-0.1, -0.05) is 46.4 Å². The van der Waals surface area contributed by atoms with Gasteiger partial charge in [-0.05, 0) is 96.8 Å². The van der Waals surface area contributed by atoms with Crippen molar-refractivity contribution in [3.63, 3.8) is 0 Å². The van der Waals surface area contributed by atoms with Gasteiger partial charge in [-0.2, -0.15) is 0 Å². The molecule has 14 nitrogen and oxygen atoms in total. The topological polar surface area (TPSA) is 165 Å². The van der Waals surface area contributed by atoms with Crippen molar-refractivity contribution >= 4 is 34.6 Å². The highest BCUT2D eigenvalue weighted by Crippen LogP contribution is 2.41. The Kier molecular flexibility index (Phi) is 13.0. The maximum Gasteiger partial charge on any atom is 0.324 e. The van der Waals surface area contributed by atoms with E-state index in [0.29, 0.717) is 57.6 Å². The second-order valence-electron chi connectivity index (χ2n) is 17.5. The molecule has 2 saturated heterocycles. The molecule has 3 N–H and O–H groups in total. The predicted molar refractivity (Wildman–Crippen MR) is 231 cm³/mol. The predicted octanol–water partition coefficient (Wildman–Crippen LogP) is 5.33. The van der Waals surface area contributed by atoms with Crippen LogP contribution >= 0.6 is 0 Å². The number of methoxy groups -OCH3 is 1. The minimum Gasteiger partial charge on any atom is -0.508 e. The number of pyridine rings is 1. The third-order valence-corrected chi connectivity index (χ3v) is 11.8. The molecule has 3 aliphatic rings. The average molecular weight is 835 g/mol. The Balaban J connectivity index is 1.31. The third-order valence-electron chi connectivity index (χ3n) is 11.8. The van der Waals surface area contributed by atoms with Crippen molar-refractivity contribution in [3.05, 3.63) is 84.2 Å². The zero-order valence-corrected chi connectivity index (χ0v) is 36.0. The standard InChI is InChI=1S/C47H58N6O8/c1-8-41(55)51-24-33(25-51)61-43(28(3)4)44(56)49-38-20-29-18-31(21-32(54)19-29)30-14-15-40-35(22-30)36(42(52(40)9-2)34-12-10-16-48-39(34)26-59-7)23-47(5,6)27-60-46(58)37-13-11-17-53(50-37)45(38)57/h8,10,12,14-16,18-19,21-22,28,33,37-38,43,50,54H,1,9,11,13,17,20,23-27H2,2-7H3,(H,49,56)/t37-,38-,43-/m0/s1. The van der Waals surface area contributed by atoms with E-state index in [9.17, 15) is 24.3 Å². The zero-order chi connectivity index (χ0) is 43.6. The lowest BCUT2D eigenvalue weighted by Gasteiger charge is -2.40. The average Bonchev–Trinajstić information content (AvgIpc) is 3.52. The number of benzene rings is 2. The van der Waals surface area contributed by atoms with E-state index >= 15 is 0 Å². The van der Waals surface area contributed by atoms with E-state index in [-0.39, 0.29) is 36.7 Å². The summed E-state index contributed by atoms with van der Waals surface area (Å²) in [5.74, 6) is -1.82. The summed E-state index contributed by atoms with van der Waals surface area (Å²) in [4.78, 5) is 60.8. The number of phenols is 1. The number of nitrogens with one attached hydrogen (secondary N) is 2. The van der Waals surface area contributed by atoms with Crippen LogP contribution in [0.3, 0.4) is 0 Å². The van der Waals surface area contributed by atoms with Gasteiger partial charge in [0.05, 0.1) is 30.7 Å². The number of cyclic esters (lactones) is 1. The first-order valence-corrected chi connectivity index (χ1v) is 21.2. The first-order valence-electron chi connectivity index (χ1n) is 21.2. The summed E-state index contributed by atoms with van der Waals surface area (Å²) >= 11 is 0. The third kappa shape index (κ3) is 9.36. The van der Waals surface area contributed by atoms with Crippen LogP contribution in [0.4, 0.5) is 0 Å². The maximum absolute atomic E-state index is 14.5. The Morgan fingerprint density at radius 2 is 1.92 bits per heavy atom. The molecule has 5 heterocycles. The Bertz CT molecular complexity index is 2310. The summed E-state index contributed by atoms with van der Waals surface area (Å²) in [7, 11) is 1.66. The molecule has 2 aromatic carbocycles. The van der Waals surface area contributed by atoms with E-state index in [1.54, 1.807) is 30.3 Å². The number of hydrogen-bond donors (Lipinski definition) is 3. The number of amides is 3. The van der Waals surface area contributed by atoms with Crippen molar-refractivity contribution in [1.29, 1.82) is 0 Å². The Morgan fingerprint density at radius 3 is 2.64 bits per heavy atom. The molecule has 324 valence electrons. The van der Waals surface area contributed by atoms with Crippen LogP contribution in [0.1, 0.15) is 64.3 Å². The molecule has 2 aromatic heterocycles. The van der Waals surface area contributed by atoms with Gasteiger partial charge in [0, 0.05) is 67.8 Å². The van der Waals surface area contributed by atoms with Crippen molar-refractivity contribution in [2.45, 2.75) is 97.7 Å². The second-order valence-corrected chi connectivity index (χ2v) is 17.5. The van der Waals surface area contributed by atoms with Gasteiger partial charge in [-0.3, -0.25) is 29.2 Å². The minimum absolute atomic E-state index is 0.0122. The lowest BCUT2D eigenvalue weighted by Crippen LogP contribution is -2.62. The molecule has 14 heteroatoms. The van der Waals surface area contributed by atoms with Crippen molar-refractivity contribution in [1.82, 2.24) is 30.2 Å². The molecule has 3 amide bonds. The Hall–Kier alpha value is -5.57. The summed E-state index contributed by atoms with van der Waals surface area (Å²) in [6, 6.07) is 13.6. The van der Waals surface area contributed by atoms with Crippen LogP contribution in [0.5, 0.6) is 5.75 Å². The number of ether oxygens (including phenoxy) is 3. The molecule has 0 radical (unpaired) electrons. The SMILES string of the molecule is C=CC(=O)N1CC(O[C@H](C(=O)N[C@H]2Cc3cc(O)cc(c3)-c3ccc4c(c3)c(c(-c3cccnc3COC)n4CC)CC(C)(C)COC(=O)[C@@H]3CCCN(N3)C2=O)C(C)C)C1. The monoisotopic (exact) mass is 834 g/mol. The zero-order valence-electron chi connectivity index (χ0n) is 36.0. The number of hydrazine groups is 1. The van der Waals surface area contributed by atoms with Gasteiger partial charge in [0.15, 0.2) is 0 Å². The van der Waals surface area contributed by atoms with Gasteiger partial charge in [-0.25, -0.2) is 5.43 Å². The molecule has 0 saturated carbocycles. The largest absolute Gasteiger partial charge is 0.508 e. The Labute approximate surface area is 357 Å². The number of likely N-dealkylation sites (tertiary alicyclic amines) is 1. The van der Waals surface area contributed by atoms with Gasteiger partial charge in [-0.15, -0.1) is 0 Å². The normalized spacial score (nSPS) is 20.2. The van der Waals surface area contributed by atoms with E-state index in [4.69, 9.17) is 19.2 Å². The summed E-state index contributed by atoms with van der Waals surface area (Å²) in [5, 5.41) is 16.6. The fraction of sp³-hybridized carbons (Fsp3) is 0.468. The van der Waals surface area contributed by atoms with Gasteiger partial charge in [0.2, 0.25) is 11.8 Å². The number of phenolic OH excluding ortho intramolecular Hbond substituents is 1. The number of aromatic nitrogens is 2. The van der Waals surface area contributed by atoms with Gasteiger partial charge < -0.3 is 34.1 Å². The quantitative estimate of drug-likeness (QED) is 0.141. The molecule has 4 aromatic rings. The molecular weight excluding hydrogens is 777 g/mol. The number of fused-ring (bicyclic) bond motifs is 6. The molecule has 61 heavy (non-hydrogen) atoms. The van der Waals surface area contributed by atoms with Crippen LogP contribution in [-0.2, 0) is 59.4 Å². The number of aryl methyl sites for hydroxylation is 1. The highest BCUT2D eigenvalue weighted by atomic mass is 16.5. The minimum atomic E-state index is -1.09. The molecule has 7 rings (SSSR count). The van der Waals surface area contributed by atoms with E-state index in [2.05, 4.69) is 60.9 Å². The van der Waals surface area contributed by atoms with Crippen LogP contribution < -0.4 is 10.7 Å². The number of rotatable bonds is 10. The van der Waals surface area contributed by atoms with Gasteiger partial charge >= 0.3 is 5.97 Å². The van der Waals surface area contributed by atoms with Gasteiger partial charge in [0.1, 0.15) is 23.9 Å². The molecule has 0 spiro atoms. The highest BCUT2D eigenvalue weighted by Gasteiger charge is 2.39. The first kappa shape index (κ1) is 43.5. The summed E-state index contributed by atoms with van der Waals surface area (Å²) in [6.07, 6.45) is 3.35. The number of aromatic hydroxyl groups is 1. The molecule has 2 fully saturated rings. The molecule has 0 aliphatic carbocycles. The molecule has 6 bridgehead atoms. The lowest BCUT2D eigenvalue weighted by molar-refractivity contribution is -0.160. The van der Waals surface area contributed by atoms with Crippen LogP contribution in [0.2, 0.25) is 0 Å². The first-order chi connectivity index (χ1) is 29.2. The number of esters is 1. The summed E-state index contributed by atoms with van der Waals surface area (Å²) in [5.41, 5.74) is 9.70. The Morgan fingerprint density at radius 1 is 1.13 bits per heavy atom. The molecule has 3 aliphatic heterocycles.